The predicted molar refractivity (Wildman–Crippen MR) is 115 cm³/mol. The second-order valence-electron chi connectivity index (χ2n) is 7.92. The average Bonchev–Trinajstić information content (AvgIpc) is 3.25. The summed E-state index contributed by atoms with van der Waals surface area (Å²) in [5, 5.41) is 0. The van der Waals surface area contributed by atoms with Gasteiger partial charge in [-0.1, -0.05) is 18.2 Å². The molecule has 0 saturated carbocycles. The molecule has 0 atom stereocenters. The van der Waals surface area contributed by atoms with Crippen LogP contribution in [0.1, 0.15) is 29.5 Å². The first-order chi connectivity index (χ1) is 14.5. The molecule has 2 aliphatic rings. The zero-order valence-corrected chi connectivity index (χ0v) is 18.2. The third kappa shape index (κ3) is 4.37. The second kappa shape index (κ2) is 8.78. The van der Waals surface area contributed by atoms with Gasteiger partial charge in [-0.15, -0.1) is 0 Å². The van der Waals surface area contributed by atoms with Crippen LogP contribution in [0.2, 0.25) is 0 Å². The number of ether oxygens (including phenoxy) is 1. The maximum Gasteiger partial charge on any atom is 0.243 e. The lowest BCUT2D eigenvalue weighted by molar-refractivity contribution is -0.132. The van der Waals surface area contributed by atoms with E-state index >= 15 is 0 Å². The fraction of sp³-hybridized carbons (Fsp3) is 0.435. The number of nitrogens with zero attached hydrogens (tertiary/aromatic N) is 2. The number of aryl methyl sites for hydroxylation is 3. The molecular formula is C23H28N2O4S. The molecule has 0 radical (unpaired) electrons. The van der Waals surface area contributed by atoms with Crippen LogP contribution in [0.25, 0.3) is 0 Å². The predicted octanol–water partition coefficient (Wildman–Crippen LogP) is 2.65. The molecule has 1 heterocycles. The number of rotatable bonds is 6. The first kappa shape index (κ1) is 20.9. The van der Waals surface area contributed by atoms with Gasteiger partial charge in [0.15, 0.2) is 0 Å². The highest BCUT2D eigenvalue weighted by Crippen LogP contribution is 2.27. The third-order valence-corrected chi connectivity index (χ3v) is 7.96. The number of hydrogen-bond acceptors (Lipinski definition) is 4. The number of fused-ring (bicyclic) bond motifs is 1. The Balaban J connectivity index is 1.33. The van der Waals surface area contributed by atoms with Crippen molar-refractivity contribution in [1.82, 2.24) is 9.21 Å². The van der Waals surface area contributed by atoms with E-state index in [0.717, 1.165) is 36.1 Å². The summed E-state index contributed by atoms with van der Waals surface area (Å²) in [5.74, 6) is 0.845. The first-order valence-corrected chi connectivity index (χ1v) is 11.9. The molecule has 1 aliphatic heterocycles. The lowest BCUT2D eigenvalue weighted by atomic mass is 10.1. The molecule has 6 nitrogen and oxygen atoms in total. The number of methoxy groups -OCH3 is 1. The maximum atomic E-state index is 13.0. The van der Waals surface area contributed by atoms with Gasteiger partial charge in [-0.25, -0.2) is 8.42 Å². The zero-order chi connectivity index (χ0) is 21.1. The van der Waals surface area contributed by atoms with Crippen LogP contribution in [-0.2, 0) is 34.1 Å². The Bertz CT molecular complexity index is 1030. The van der Waals surface area contributed by atoms with Crippen LogP contribution in [0, 0.1) is 0 Å². The van der Waals surface area contributed by atoms with Crippen LogP contribution in [0.4, 0.5) is 0 Å². The largest absolute Gasteiger partial charge is 0.497 e. The number of sulfonamides is 1. The SMILES string of the molecule is COc1cccc(CCC(=O)N2CCN(S(=O)(=O)c3ccc4c(c3)CCC4)CC2)c1. The van der Waals surface area contributed by atoms with E-state index < -0.39 is 10.0 Å². The molecule has 0 bridgehead atoms. The number of carbonyl (C=O) groups is 1. The summed E-state index contributed by atoms with van der Waals surface area (Å²) in [6.45, 7) is 1.54. The molecule has 2 aromatic carbocycles. The molecular weight excluding hydrogens is 400 g/mol. The highest BCUT2D eigenvalue weighted by molar-refractivity contribution is 7.89. The molecule has 7 heteroatoms. The van der Waals surface area contributed by atoms with Crippen LogP contribution in [0.15, 0.2) is 47.4 Å². The van der Waals surface area contributed by atoms with Gasteiger partial charge in [0, 0.05) is 32.6 Å². The number of carbonyl (C=O) groups excluding carboxylic acids is 1. The van der Waals surface area contributed by atoms with E-state index in [4.69, 9.17) is 4.74 Å². The zero-order valence-electron chi connectivity index (χ0n) is 17.3. The molecule has 4 rings (SSSR count). The van der Waals surface area contributed by atoms with E-state index in [9.17, 15) is 13.2 Å². The van der Waals surface area contributed by atoms with Crippen LogP contribution < -0.4 is 4.74 Å². The molecule has 1 amide bonds. The van der Waals surface area contributed by atoms with E-state index in [1.807, 2.05) is 36.4 Å². The molecule has 1 saturated heterocycles. The van der Waals surface area contributed by atoms with Gasteiger partial charge in [0.25, 0.3) is 0 Å². The average molecular weight is 429 g/mol. The van der Waals surface area contributed by atoms with Crippen molar-refractivity contribution in [2.24, 2.45) is 0 Å². The molecule has 0 N–H and O–H groups in total. The normalized spacial score (nSPS) is 17.0. The smallest absolute Gasteiger partial charge is 0.243 e. The quantitative estimate of drug-likeness (QED) is 0.710. The van der Waals surface area contributed by atoms with E-state index in [0.29, 0.717) is 43.9 Å². The summed E-state index contributed by atoms with van der Waals surface area (Å²) >= 11 is 0. The van der Waals surface area contributed by atoms with E-state index in [1.54, 1.807) is 18.1 Å². The van der Waals surface area contributed by atoms with Crippen LogP contribution in [0.5, 0.6) is 5.75 Å². The van der Waals surface area contributed by atoms with E-state index in [-0.39, 0.29) is 5.91 Å². The van der Waals surface area contributed by atoms with Gasteiger partial charge >= 0.3 is 0 Å². The summed E-state index contributed by atoms with van der Waals surface area (Å²) in [6, 6.07) is 13.2. The minimum Gasteiger partial charge on any atom is -0.497 e. The van der Waals surface area contributed by atoms with Crippen molar-refractivity contribution in [2.75, 3.05) is 33.3 Å². The Kier molecular flexibility index (Phi) is 6.11. The van der Waals surface area contributed by atoms with Crippen molar-refractivity contribution in [3.05, 3.63) is 59.2 Å². The number of hydrogen-bond donors (Lipinski definition) is 0. The molecule has 2 aromatic rings. The van der Waals surface area contributed by atoms with E-state index in [2.05, 4.69) is 0 Å². The molecule has 0 spiro atoms. The van der Waals surface area contributed by atoms with Gasteiger partial charge in [-0.3, -0.25) is 4.79 Å². The van der Waals surface area contributed by atoms with Crippen molar-refractivity contribution in [3.63, 3.8) is 0 Å². The fourth-order valence-corrected chi connectivity index (χ4v) is 5.75. The van der Waals surface area contributed by atoms with Crippen molar-refractivity contribution in [1.29, 1.82) is 0 Å². The van der Waals surface area contributed by atoms with Crippen LogP contribution >= 0.6 is 0 Å². The Labute approximate surface area is 178 Å². The molecule has 0 unspecified atom stereocenters. The van der Waals surface area contributed by atoms with Crippen molar-refractivity contribution >= 4 is 15.9 Å². The highest BCUT2D eigenvalue weighted by Gasteiger charge is 2.30. The molecule has 0 aromatic heterocycles. The number of piperazine rings is 1. The number of amides is 1. The summed E-state index contributed by atoms with van der Waals surface area (Å²) in [4.78, 5) is 14.8. The maximum absolute atomic E-state index is 13.0. The highest BCUT2D eigenvalue weighted by atomic mass is 32.2. The molecule has 160 valence electrons. The topological polar surface area (TPSA) is 66.9 Å². The van der Waals surface area contributed by atoms with Gasteiger partial charge < -0.3 is 9.64 Å². The van der Waals surface area contributed by atoms with Crippen molar-refractivity contribution < 1.29 is 17.9 Å². The first-order valence-electron chi connectivity index (χ1n) is 10.5. The van der Waals surface area contributed by atoms with Crippen LogP contribution in [0.3, 0.4) is 0 Å². The summed E-state index contributed by atoms with van der Waals surface area (Å²) in [7, 11) is -1.89. The lowest BCUT2D eigenvalue weighted by Crippen LogP contribution is -2.50. The van der Waals surface area contributed by atoms with Gasteiger partial charge in [-0.2, -0.15) is 4.31 Å². The third-order valence-electron chi connectivity index (χ3n) is 6.06. The van der Waals surface area contributed by atoms with Crippen LogP contribution in [-0.4, -0.2) is 56.8 Å². The van der Waals surface area contributed by atoms with Gasteiger partial charge in [0.2, 0.25) is 15.9 Å². The standard InChI is InChI=1S/C23H28N2O4S/c1-29-21-7-2-4-18(16-21)8-11-23(26)24-12-14-25(15-13-24)30(27,28)22-10-9-19-5-3-6-20(19)17-22/h2,4,7,9-10,16-17H,3,5-6,8,11-15H2,1H3. The minimum absolute atomic E-state index is 0.0624. The fourth-order valence-electron chi connectivity index (χ4n) is 4.27. The number of benzene rings is 2. The van der Waals surface area contributed by atoms with E-state index in [1.165, 1.54) is 9.87 Å². The lowest BCUT2D eigenvalue weighted by Gasteiger charge is -2.34. The Hall–Kier alpha value is -2.38. The summed E-state index contributed by atoms with van der Waals surface area (Å²) in [6.07, 6.45) is 4.13. The van der Waals surface area contributed by atoms with Gasteiger partial charge in [-0.05, 0) is 66.6 Å². The second-order valence-corrected chi connectivity index (χ2v) is 9.86. The summed E-state index contributed by atoms with van der Waals surface area (Å²) in [5.41, 5.74) is 3.48. The molecule has 1 aliphatic carbocycles. The summed E-state index contributed by atoms with van der Waals surface area (Å²) < 4.78 is 32.8. The molecule has 30 heavy (non-hydrogen) atoms. The Morgan fingerprint density at radius 1 is 1.00 bits per heavy atom. The Morgan fingerprint density at radius 3 is 2.53 bits per heavy atom. The van der Waals surface area contributed by atoms with Gasteiger partial charge in [0.05, 0.1) is 12.0 Å². The molecule has 1 fully saturated rings. The monoisotopic (exact) mass is 428 g/mol. The van der Waals surface area contributed by atoms with Crippen molar-refractivity contribution in [3.8, 4) is 5.75 Å². The minimum atomic E-state index is -3.51. The Morgan fingerprint density at radius 2 is 1.77 bits per heavy atom. The van der Waals surface area contributed by atoms with Gasteiger partial charge in [0.1, 0.15) is 5.75 Å². The van der Waals surface area contributed by atoms with Crippen molar-refractivity contribution in [2.45, 2.75) is 37.0 Å².